The van der Waals surface area contributed by atoms with Gasteiger partial charge in [-0.15, -0.1) is 0 Å². The van der Waals surface area contributed by atoms with Crippen molar-refractivity contribution in [1.82, 2.24) is 5.16 Å². The van der Waals surface area contributed by atoms with Crippen LogP contribution in [0.2, 0.25) is 0 Å². The monoisotopic (exact) mass is 262 g/mol. The highest BCUT2D eigenvalue weighted by Crippen LogP contribution is 2.54. The Labute approximate surface area is 113 Å². The normalized spacial score (nSPS) is 39.9. The van der Waals surface area contributed by atoms with E-state index in [0.717, 1.165) is 35.1 Å². The standard InChI is InChI=1S/C15H22N2O2/c16-7-13-6-14(19-17-13)8-18-15-11-2-9-1-10(4-11)5-12(15)3-9/h6,9-12,15H,1-5,7-8,16H2. The molecule has 19 heavy (non-hydrogen) atoms. The number of nitrogens with two attached hydrogens (primary N) is 1. The zero-order chi connectivity index (χ0) is 12.8. The number of hydrogen-bond donors (Lipinski definition) is 1. The van der Waals surface area contributed by atoms with Crippen molar-refractivity contribution in [2.24, 2.45) is 29.4 Å². The Bertz CT molecular complexity index is 429. The Morgan fingerprint density at radius 2 is 1.84 bits per heavy atom. The third-order valence-corrected chi connectivity index (χ3v) is 5.38. The molecule has 0 unspecified atom stereocenters. The molecule has 2 N–H and O–H groups in total. The van der Waals surface area contributed by atoms with Crippen molar-refractivity contribution in [2.45, 2.75) is 51.4 Å². The van der Waals surface area contributed by atoms with Crippen molar-refractivity contribution in [3.05, 3.63) is 17.5 Å². The Morgan fingerprint density at radius 1 is 1.16 bits per heavy atom. The summed E-state index contributed by atoms with van der Waals surface area (Å²) in [5, 5.41) is 3.91. The fraction of sp³-hybridized carbons (Fsp3) is 0.800. The molecule has 5 rings (SSSR count). The van der Waals surface area contributed by atoms with Crippen LogP contribution in [0.1, 0.15) is 43.6 Å². The van der Waals surface area contributed by atoms with Gasteiger partial charge in [-0.25, -0.2) is 0 Å². The Hall–Kier alpha value is -0.870. The van der Waals surface area contributed by atoms with E-state index in [-0.39, 0.29) is 0 Å². The van der Waals surface area contributed by atoms with Crippen LogP contribution in [0, 0.1) is 23.7 Å². The summed E-state index contributed by atoms with van der Waals surface area (Å²) in [6.45, 7) is 0.988. The highest BCUT2D eigenvalue weighted by atomic mass is 16.5. The molecule has 1 aromatic rings. The Morgan fingerprint density at radius 3 is 2.42 bits per heavy atom. The average Bonchev–Trinajstić information content (AvgIpc) is 2.85. The number of ether oxygens (including phenoxy) is 1. The molecule has 4 fully saturated rings. The van der Waals surface area contributed by atoms with Gasteiger partial charge in [0.1, 0.15) is 6.61 Å². The van der Waals surface area contributed by atoms with Crippen LogP contribution in [0.5, 0.6) is 0 Å². The van der Waals surface area contributed by atoms with Crippen molar-refractivity contribution in [3.63, 3.8) is 0 Å². The summed E-state index contributed by atoms with van der Waals surface area (Å²) in [6, 6.07) is 1.91. The van der Waals surface area contributed by atoms with Crippen LogP contribution in [0.15, 0.2) is 10.6 Å². The lowest BCUT2D eigenvalue weighted by Gasteiger charge is -2.53. The van der Waals surface area contributed by atoms with E-state index >= 15 is 0 Å². The van der Waals surface area contributed by atoms with E-state index in [1.54, 1.807) is 0 Å². The van der Waals surface area contributed by atoms with Crippen molar-refractivity contribution < 1.29 is 9.26 Å². The minimum atomic E-state index is 0.432. The molecule has 4 aliphatic rings. The Balaban J connectivity index is 1.40. The summed E-state index contributed by atoms with van der Waals surface area (Å²) in [5.41, 5.74) is 6.34. The number of rotatable bonds is 4. The molecule has 4 bridgehead atoms. The fourth-order valence-electron chi connectivity index (χ4n) is 4.85. The van der Waals surface area contributed by atoms with Crippen molar-refractivity contribution in [2.75, 3.05) is 0 Å². The van der Waals surface area contributed by atoms with Crippen LogP contribution < -0.4 is 5.73 Å². The molecule has 1 heterocycles. The first kappa shape index (κ1) is 11.9. The predicted molar refractivity (Wildman–Crippen MR) is 70.0 cm³/mol. The van der Waals surface area contributed by atoms with E-state index < -0.39 is 0 Å². The predicted octanol–water partition coefficient (Wildman–Crippen LogP) is 2.47. The molecule has 1 aromatic heterocycles. The molecule has 0 radical (unpaired) electrons. The minimum absolute atomic E-state index is 0.432. The van der Waals surface area contributed by atoms with Crippen molar-refractivity contribution >= 4 is 0 Å². The molecule has 0 aliphatic heterocycles. The quantitative estimate of drug-likeness (QED) is 0.905. The summed E-state index contributed by atoms with van der Waals surface area (Å²) in [6.07, 6.45) is 7.51. The van der Waals surface area contributed by atoms with Gasteiger partial charge in [0.2, 0.25) is 0 Å². The van der Waals surface area contributed by atoms with Gasteiger partial charge in [-0.3, -0.25) is 0 Å². The molecule has 4 nitrogen and oxygen atoms in total. The van der Waals surface area contributed by atoms with Gasteiger partial charge in [-0.1, -0.05) is 5.16 Å². The average molecular weight is 262 g/mol. The SMILES string of the molecule is NCc1cc(COC2C3CC4CC(C3)CC2C4)on1. The molecular weight excluding hydrogens is 240 g/mol. The van der Waals surface area contributed by atoms with Gasteiger partial charge in [0.25, 0.3) is 0 Å². The third kappa shape index (κ3) is 2.11. The first-order valence-electron chi connectivity index (χ1n) is 7.58. The maximum absolute atomic E-state index is 6.19. The van der Waals surface area contributed by atoms with Crippen LogP contribution in [-0.4, -0.2) is 11.3 Å². The summed E-state index contributed by atoms with van der Waals surface area (Å²) >= 11 is 0. The number of nitrogens with zero attached hydrogens (tertiary/aromatic N) is 1. The van der Waals surface area contributed by atoms with Gasteiger partial charge < -0.3 is 15.0 Å². The number of hydrogen-bond acceptors (Lipinski definition) is 4. The second-order valence-corrected chi connectivity index (χ2v) is 6.70. The first-order valence-corrected chi connectivity index (χ1v) is 7.58. The molecule has 0 atom stereocenters. The third-order valence-electron chi connectivity index (χ3n) is 5.38. The summed E-state index contributed by atoms with van der Waals surface area (Å²) in [7, 11) is 0. The molecule has 4 aliphatic carbocycles. The van der Waals surface area contributed by atoms with E-state index in [1.165, 1.54) is 32.1 Å². The van der Waals surface area contributed by atoms with E-state index in [4.69, 9.17) is 15.0 Å². The zero-order valence-corrected chi connectivity index (χ0v) is 11.3. The largest absolute Gasteiger partial charge is 0.370 e. The lowest BCUT2D eigenvalue weighted by Crippen LogP contribution is -2.49. The van der Waals surface area contributed by atoms with Gasteiger partial charge >= 0.3 is 0 Å². The first-order chi connectivity index (χ1) is 9.31. The van der Waals surface area contributed by atoms with E-state index in [2.05, 4.69) is 5.16 Å². The summed E-state index contributed by atoms with van der Waals surface area (Å²) < 4.78 is 11.4. The van der Waals surface area contributed by atoms with Crippen LogP contribution >= 0.6 is 0 Å². The van der Waals surface area contributed by atoms with Crippen LogP contribution in [0.25, 0.3) is 0 Å². The van der Waals surface area contributed by atoms with Gasteiger partial charge in [-0.05, 0) is 55.8 Å². The molecule has 0 saturated heterocycles. The van der Waals surface area contributed by atoms with Gasteiger partial charge in [0.05, 0.1) is 11.8 Å². The highest BCUT2D eigenvalue weighted by molar-refractivity contribution is 5.04. The molecule has 4 heteroatoms. The van der Waals surface area contributed by atoms with E-state index in [9.17, 15) is 0 Å². The summed E-state index contributed by atoms with van der Waals surface area (Å²) in [5.74, 6) is 4.41. The lowest BCUT2D eigenvalue weighted by molar-refractivity contribution is -0.134. The van der Waals surface area contributed by atoms with Gasteiger partial charge in [0, 0.05) is 12.6 Å². The van der Waals surface area contributed by atoms with Crippen LogP contribution in [0.3, 0.4) is 0 Å². The lowest BCUT2D eigenvalue weighted by atomic mass is 9.55. The second kappa shape index (κ2) is 4.60. The molecule has 104 valence electrons. The molecular formula is C15H22N2O2. The molecule has 0 amide bonds. The maximum atomic E-state index is 6.19. The topological polar surface area (TPSA) is 61.3 Å². The Kier molecular flexibility index (Phi) is 2.88. The molecule has 0 aromatic carbocycles. The summed E-state index contributed by atoms with van der Waals surface area (Å²) in [4.78, 5) is 0. The highest BCUT2D eigenvalue weighted by Gasteiger charge is 2.48. The minimum Gasteiger partial charge on any atom is -0.370 e. The number of aromatic nitrogens is 1. The van der Waals surface area contributed by atoms with E-state index in [0.29, 0.717) is 19.3 Å². The van der Waals surface area contributed by atoms with Crippen LogP contribution in [-0.2, 0) is 17.9 Å². The second-order valence-electron chi connectivity index (χ2n) is 6.70. The maximum Gasteiger partial charge on any atom is 0.162 e. The smallest absolute Gasteiger partial charge is 0.162 e. The van der Waals surface area contributed by atoms with Crippen molar-refractivity contribution in [3.8, 4) is 0 Å². The van der Waals surface area contributed by atoms with Crippen molar-refractivity contribution in [1.29, 1.82) is 0 Å². The molecule has 4 saturated carbocycles. The zero-order valence-electron chi connectivity index (χ0n) is 11.3. The van der Waals surface area contributed by atoms with E-state index in [1.807, 2.05) is 6.07 Å². The van der Waals surface area contributed by atoms with Gasteiger partial charge in [0.15, 0.2) is 5.76 Å². The van der Waals surface area contributed by atoms with Crippen LogP contribution in [0.4, 0.5) is 0 Å². The van der Waals surface area contributed by atoms with Gasteiger partial charge in [-0.2, -0.15) is 0 Å². The fourth-order valence-corrected chi connectivity index (χ4v) is 4.85. The molecule has 0 spiro atoms.